The SMILES string of the molecule is COc1cccc2c1C(=O)C1=C(C[C@H](C)O[C@@H]1C)C2=O. The van der Waals surface area contributed by atoms with Crippen molar-refractivity contribution in [2.75, 3.05) is 7.11 Å². The van der Waals surface area contributed by atoms with E-state index in [2.05, 4.69) is 0 Å². The Morgan fingerprint density at radius 3 is 2.65 bits per heavy atom. The average Bonchev–Trinajstić information content (AvgIpc) is 2.43. The first-order valence-electron chi connectivity index (χ1n) is 6.69. The molecule has 0 saturated carbocycles. The van der Waals surface area contributed by atoms with Gasteiger partial charge in [0.05, 0.1) is 24.9 Å². The third-order valence-electron chi connectivity index (χ3n) is 3.90. The molecule has 104 valence electrons. The molecule has 0 N–H and O–H groups in total. The van der Waals surface area contributed by atoms with E-state index in [1.807, 2.05) is 13.8 Å². The van der Waals surface area contributed by atoms with Crippen molar-refractivity contribution in [3.63, 3.8) is 0 Å². The van der Waals surface area contributed by atoms with Gasteiger partial charge in [-0.15, -0.1) is 0 Å². The van der Waals surface area contributed by atoms with Crippen LogP contribution in [0.1, 0.15) is 41.0 Å². The minimum atomic E-state index is -0.358. The Bertz CT molecular complexity index is 642. The van der Waals surface area contributed by atoms with Gasteiger partial charge >= 0.3 is 0 Å². The van der Waals surface area contributed by atoms with Crippen LogP contribution in [0.25, 0.3) is 0 Å². The number of hydrogen-bond donors (Lipinski definition) is 0. The second-order valence-corrected chi connectivity index (χ2v) is 5.23. The molecule has 0 radical (unpaired) electrons. The Balaban J connectivity index is 2.23. The number of hydrogen-bond acceptors (Lipinski definition) is 4. The second kappa shape index (κ2) is 4.56. The Kier molecular flexibility index (Phi) is 2.98. The zero-order valence-electron chi connectivity index (χ0n) is 11.7. The van der Waals surface area contributed by atoms with E-state index >= 15 is 0 Å². The van der Waals surface area contributed by atoms with Crippen LogP contribution in [0, 0.1) is 0 Å². The lowest BCUT2D eigenvalue weighted by molar-refractivity contribution is 0.0148. The smallest absolute Gasteiger partial charge is 0.196 e. The maximum Gasteiger partial charge on any atom is 0.196 e. The van der Waals surface area contributed by atoms with E-state index in [9.17, 15) is 9.59 Å². The van der Waals surface area contributed by atoms with Crippen molar-refractivity contribution in [2.24, 2.45) is 0 Å². The van der Waals surface area contributed by atoms with Crippen molar-refractivity contribution in [3.05, 3.63) is 40.5 Å². The molecular weight excluding hydrogens is 256 g/mol. The summed E-state index contributed by atoms with van der Waals surface area (Å²) in [5.74, 6) is 0.222. The summed E-state index contributed by atoms with van der Waals surface area (Å²) >= 11 is 0. The number of fused-ring (bicyclic) bond motifs is 1. The van der Waals surface area contributed by atoms with Crippen LogP contribution in [0.4, 0.5) is 0 Å². The van der Waals surface area contributed by atoms with Gasteiger partial charge in [-0.05, 0) is 19.9 Å². The van der Waals surface area contributed by atoms with Gasteiger partial charge in [0.15, 0.2) is 11.6 Å². The number of carbonyl (C=O) groups excluding carboxylic acids is 2. The number of rotatable bonds is 1. The molecule has 0 fully saturated rings. The number of ketones is 2. The van der Waals surface area contributed by atoms with Gasteiger partial charge in [0.1, 0.15) is 5.75 Å². The van der Waals surface area contributed by atoms with Crippen LogP contribution in [0.5, 0.6) is 5.75 Å². The lowest BCUT2D eigenvalue weighted by atomic mass is 9.78. The number of Topliss-reactive ketones (excluding diaryl/α,β-unsaturated/α-hetero) is 2. The fourth-order valence-corrected chi connectivity index (χ4v) is 3.07. The van der Waals surface area contributed by atoms with E-state index < -0.39 is 0 Å². The van der Waals surface area contributed by atoms with Crippen LogP contribution >= 0.6 is 0 Å². The van der Waals surface area contributed by atoms with Crippen molar-refractivity contribution < 1.29 is 19.1 Å². The third kappa shape index (κ3) is 1.72. The zero-order chi connectivity index (χ0) is 14.4. The molecule has 0 unspecified atom stereocenters. The Morgan fingerprint density at radius 1 is 1.20 bits per heavy atom. The third-order valence-corrected chi connectivity index (χ3v) is 3.90. The monoisotopic (exact) mass is 272 g/mol. The van der Waals surface area contributed by atoms with E-state index in [0.29, 0.717) is 34.4 Å². The molecule has 20 heavy (non-hydrogen) atoms. The van der Waals surface area contributed by atoms with Gasteiger partial charge in [0, 0.05) is 23.1 Å². The highest BCUT2D eigenvalue weighted by Crippen LogP contribution is 2.38. The molecule has 0 amide bonds. The topological polar surface area (TPSA) is 52.6 Å². The van der Waals surface area contributed by atoms with Crippen molar-refractivity contribution in [1.29, 1.82) is 0 Å². The van der Waals surface area contributed by atoms with Gasteiger partial charge < -0.3 is 9.47 Å². The number of benzene rings is 1. The molecule has 1 aromatic carbocycles. The molecular formula is C16H16O4. The summed E-state index contributed by atoms with van der Waals surface area (Å²) in [7, 11) is 1.50. The molecule has 0 saturated heterocycles. The summed E-state index contributed by atoms with van der Waals surface area (Å²) in [5.41, 5.74) is 1.89. The van der Waals surface area contributed by atoms with Gasteiger partial charge in [-0.25, -0.2) is 0 Å². The van der Waals surface area contributed by atoms with Gasteiger partial charge in [0.25, 0.3) is 0 Å². The number of methoxy groups -OCH3 is 1. The van der Waals surface area contributed by atoms with E-state index in [4.69, 9.17) is 9.47 Å². The van der Waals surface area contributed by atoms with Crippen LogP contribution in [-0.4, -0.2) is 30.9 Å². The first-order valence-corrected chi connectivity index (χ1v) is 6.69. The molecule has 0 spiro atoms. The van der Waals surface area contributed by atoms with Crippen LogP contribution in [0.3, 0.4) is 0 Å². The maximum absolute atomic E-state index is 12.7. The van der Waals surface area contributed by atoms with E-state index in [1.54, 1.807) is 18.2 Å². The van der Waals surface area contributed by atoms with Crippen LogP contribution < -0.4 is 4.74 Å². The predicted octanol–water partition coefficient (Wildman–Crippen LogP) is 2.57. The van der Waals surface area contributed by atoms with E-state index in [-0.39, 0.29) is 23.8 Å². The lowest BCUT2D eigenvalue weighted by Crippen LogP contribution is -2.36. The largest absolute Gasteiger partial charge is 0.496 e. The molecule has 2 atom stereocenters. The van der Waals surface area contributed by atoms with Gasteiger partial charge in [-0.2, -0.15) is 0 Å². The number of carbonyl (C=O) groups is 2. The Labute approximate surface area is 117 Å². The Hall–Kier alpha value is -1.94. The lowest BCUT2D eigenvalue weighted by Gasteiger charge is -2.33. The fraction of sp³-hybridized carbons (Fsp3) is 0.375. The van der Waals surface area contributed by atoms with Crippen molar-refractivity contribution in [1.82, 2.24) is 0 Å². The quantitative estimate of drug-likeness (QED) is 0.788. The van der Waals surface area contributed by atoms with Crippen molar-refractivity contribution >= 4 is 11.6 Å². The molecule has 3 rings (SSSR count). The molecule has 4 nitrogen and oxygen atoms in total. The van der Waals surface area contributed by atoms with Gasteiger partial charge in [0.2, 0.25) is 0 Å². The summed E-state index contributed by atoms with van der Waals surface area (Å²) < 4.78 is 10.9. The molecule has 1 aliphatic carbocycles. The minimum absolute atomic E-state index is 0.0485. The average molecular weight is 272 g/mol. The predicted molar refractivity (Wildman–Crippen MR) is 73.3 cm³/mol. The summed E-state index contributed by atoms with van der Waals surface area (Å²) in [6.07, 6.45) is 0.0804. The van der Waals surface area contributed by atoms with Gasteiger partial charge in [-0.3, -0.25) is 9.59 Å². The first kappa shape index (κ1) is 13.1. The van der Waals surface area contributed by atoms with Crippen LogP contribution in [-0.2, 0) is 4.74 Å². The molecule has 1 heterocycles. The summed E-state index contributed by atoms with van der Waals surface area (Å²) in [4.78, 5) is 25.4. The molecule has 4 heteroatoms. The summed E-state index contributed by atoms with van der Waals surface area (Å²) in [5, 5.41) is 0. The second-order valence-electron chi connectivity index (χ2n) is 5.23. The van der Waals surface area contributed by atoms with Crippen LogP contribution in [0.2, 0.25) is 0 Å². The highest BCUT2D eigenvalue weighted by Gasteiger charge is 2.40. The normalized spacial score (nSPS) is 25.4. The standard InChI is InChI=1S/C16H16O4/c1-8-7-11-13(9(2)20-8)16(18)14-10(15(11)17)5-4-6-12(14)19-3/h4-6,8-9H,7H2,1-3H3/t8-,9+/m0/s1. The molecule has 1 aromatic rings. The minimum Gasteiger partial charge on any atom is -0.496 e. The van der Waals surface area contributed by atoms with Crippen molar-refractivity contribution in [3.8, 4) is 5.75 Å². The maximum atomic E-state index is 12.7. The fourth-order valence-electron chi connectivity index (χ4n) is 3.07. The first-order chi connectivity index (χ1) is 9.54. The van der Waals surface area contributed by atoms with E-state index in [1.165, 1.54) is 7.11 Å². The summed E-state index contributed by atoms with van der Waals surface area (Å²) in [6, 6.07) is 5.12. The molecule has 0 bridgehead atoms. The zero-order valence-corrected chi connectivity index (χ0v) is 11.7. The summed E-state index contributed by atoms with van der Waals surface area (Å²) in [6.45, 7) is 3.73. The molecule has 1 aliphatic heterocycles. The highest BCUT2D eigenvalue weighted by atomic mass is 16.5. The van der Waals surface area contributed by atoms with Crippen molar-refractivity contribution in [2.45, 2.75) is 32.5 Å². The van der Waals surface area contributed by atoms with E-state index in [0.717, 1.165) is 0 Å². The molecule has 0 aromatic heterocycles. The Morgan fingerprint density at radius 2 is 1.95 bits per heavy atom. The molecule has 2 aliphatic rings. The van der Waals surface area contributed by atoms with Crippen LogP contribution in [0.15, 0.2) is 29.3 Å². The van der Waals surface area contributed by atoms with Gasteiger partial charge in [-0.1, -0.05) is 12.1 Å². The highest BCUT2D eigenvalue weighted by molar-refractivity contribution is 6.28. The number of ether oxygens (including phenoxy) is 2.